The first-order valence-corrected chi connectivity index (χ1v) is 6.41. The van der Waals surface area contributed by atoms with E-state index in [0.29, 0.717) is 11.4 Å². The summed E-state index contributed by atoms with van der Waals surface area (Å²) < 4.78 is 5.95. The van der Waals surface area contributed by atoms with Gasteiger partial charge in [-0.25, -0.2) is 0 Å². The number of halogens is 2. The number of methoxy groups -OCH3 is 1. The van der Waals surface area contributed by atoms with Crippen LogP contribution in [0.3, 0.4) is 0 Å². The third kappa shape index (κ3) is 3.42. The van der Waals surface area contributed by atoms with Gasteiger partial charge in [-0.05, 0) is 40.2 Å². The molecule has 1 aromatic heterocycles. The van der Waals surface area contributed by atoms with Gasteiger partial charge < -0.3 is 10.1 Å². The number of ether oxygens (including phenoxy) is 1. The molecule has 0 aliphatic rings. The Balaban J connectivity index is 2.17. The van der Waals surface area contributed by atoms with Crippen LogP contribution in [-0.4, -0.2) is 23.2 Å². The molecule has 7 heteroatoms. The lowest BCUT2D eigenvalue weighted by Gasteiger charge is -2.08. The molecule has 2 rings (SSSR count). The average molecular weight is 343 g/mol. The van der Waals surface area contributed by atoms with E-state index in [2.05, 4.69) is 31.4 Å². The Morgan fingerprint density at radius 1 is 1.32 bits per heavy atom. The van der Waals surface area contributed by atoms with E-state index in [1.54, 1.807) is 25.3 Å². The first-order chi connectivity index (χ1) is 9.10. The Hall–Kier alpha value is -1.66. The van der Waals surface area contributed by atoms with Crippen LogP contribution in [0.4, 0.5) is 5.69 Å². The van der Waals surface area contributed by atoms with Crippen molar-refractivity contribution in [2.75, 3.05) is 12.4 Å². The van der Waals surface area contributed by atoms with Crippen LogP contribution in [-0.2, 0) is 0 Å². The molecule has 0 bridgehead atoms. The quantitative estimate of drug-likeness (QED) is 0.930. The van der Waals surface area contributed by atoms with Crippen molar-refractivity contribution in [1.82, 2.24) is 10.2 Å². The number of nitrogens with one attached hydrogen (secondary N) is 1. The Kier molecular flexibility index (Phi) is 4.34. The molecule has 1 amide bonds. The molecular formula is C12H9BrClN3O2. The fourth-order valence-electron chi connectivity index (χ4n) is 1.37. The number of hydrogen-bond donors (Lipinski definition) is 1. The Morgan fingerprint density at radius 3 is 2.74 bits per heavy atom. The topological polar surface area (TPSA) is 64.1 Å². The zero-order chi connectivity index (χ0) is 13.8. The molecular weight excluding hydrogens is 334 g/mol. The number of amides is 1. The predicted molar refractivity (Wildman–Crippen MR) is 75.7 cm³/mol. The van der Waals surface area contributed by atoms with Crippen molar-refractivity contribution in [1.29, 1.82) is 0 Å². The van der Waals surface area contributed by atoms with Crippen molar-refractivity contribution >= 4 is 39.1 Å². The average Bonchev–Trinajstić information content (AvgIpc) is 2.41. The van der Waals surface area contributed by atoms with Crippen molar-refractivity contribution < 1.29 is 9.53 Å². The normalized spacial score (nSPS) is 10.1. The van der Waals surface area contributed by atoms with Crippen LogP contribution < -0.4 is 10.1 Å². The highest BCUT2D eigenvalue weighted by Gasteiger charge is 2.09. The minimum atomic E-state index is -0.367. The Morgan fingerprint density at radius 2 is 2.11 bits per heavy atom. The number of nitrogens with zero attached hydrogens (tertiary/aromatic N) is 2. The highest BCUT2D eigenvalue weighted by molar-refractivity contribution is 9.10. The summed E-state index contributed by atoms with van der Waals surface area (Å²) >= 11 is 8.94. The van der Waals surface area contributed by atoms with E-state index in [9.17, 15) is 4.79 Å². The van der Waals surface area contributed by atoms with Gasteiger partial charge in [-0.2, -0.15) is 0 Å². The van der Waals surface area contributed by atoms with Gasteiger partial charge in [-0.15, -0.1) is 10.2 Å². The molecule has 98 valence electrons. The van der Waals surface area contributed by atoms with E-state index >= 15 is 0 Å². The molecule has 1 N–H and O–H groups in total. The summed E-state index contributed by atoms with van der Waals surface area (Å²) in [6.07, 6.45) is 0. The molecule has 1 aromatic carbocycles. The van der Waals surface area contributed by atoms with Crippen molar-refractivity contribution in [3.8, 4) is 5.75 Å². The third-order valence-electron chi connectivity index (χ3n) is 2.27. The van der Waals surface area contributed by atoms with Gasteiger partial charge in [-0.3, -0.25) is 4.79 Å². The minimum absolute atomic E-state index is 0.186. The van der Waals surface area contributed by atoms with E-state index in [0.717, 1.165) is 4.47 Å². The molecule has 0 spiro atoms. The van der Waals surface area contributed by atoms with E-state index in [1.807, 2.05) is 0 Å². The lowest BCUT2D eigenvalue weighted by molar-refractivity contribution is 0.102. The molecule has 0 unspecified atom stereocenters. The summed E-state index contributed by atoms with van der Waals surface area (Å²) in [5.41, 5.74) is 0.785. The molecule has 19 heavy (non-hydrogen) atoms. The van der Waals surface area contributed by atoms with E-state index in [-0.39, 0.29) is 16.8 Å². The standard InChI is InChI=1S/C12H9BrClN3O2/c1-19-10-6-7(2-3-8(10)13)15-12(18)9-4-5-11(14)17-16-9/h2-6H,1H3,(H,15,18). The fraction of sp³-hybridized carbons (Fsp3) is 0.0833. The van der Waals surface area contributed by atoms with Crippen molar-refractivity contribution in [2.24, 2.45) is 0 Å². The van der Waals surface area contributed by atoms with Crippen molar-refractivity contribution in [3.05, 3.63) is 45.7 Å². The number of carbonyl (C=O) groups is 1. The maximum absolute atomic E-state index is 11.9. The largest absolute Gasteiger partial charge is 0.495 e. The third-order valence-corrected chi connectivity index (χ3v) is 3.13. The molecule has 5 nitrogen and oxygen atoms in total. The van der Waals surface area contributed by atoms with Crippen LogP contribution >= 0.6 is 27.5 Å². The van der Waals surface area contributed by atoms with Gasteiger partial charge >= 0.3 is 0 Å². The van der Waals surface area contributed by atoms with Gasteiger partial charge in [0.05, 0.1) is 11.6 Å². The molecule has 0 atom stereocenters. The molecule has 0 aliphatic carbocycles. The molecule has 0 aliphatic heterocycles. The van der Waals surface area contributed by atoms with Crippen LogP contribution in [0.5, 0.6) is 5.75 Å². The number of benzene rings is 1. The van der Waals surface area contributed by atoms with E-state index in [1.165, 1.54) is 12.1 Å². The Labute approximate surface area is 123 Å². The number of anilines is 1. The summed E-state index contributed by atoms with van der Waals surface area (Å²) in [5, 5.41) is 10.2. The molecule has 0 saturated heterocycles. The zero-order valence-electron chi connectivity index (χ0n) is 9.85. The lowest BCUT2D eigenvalue weighted by Crippen LogP contribution is -2.14. The van der Waals surface area contributed by atoms with Gasteiger partial charge in [0.25, 0.3) is 5.91 Å². The van der Waals surface area contributed by atoms with Crippen LogP contribution in [0.2, 0.25) is 5.15 Å². The SMILES string of the molecule is COc1cc(NC(=O)c2ccc(Cl)nn2)ccc1Br. The van der Waals surface area contributed by atoms with Crippen LogP contribution in [0.1, 0.15) is 10.5 Å². The zero-order valence-corrected chi connectivity index (χ0v) is 12.2. The van der Waals surface area contributed by atoms with E-state index < -0.39 is 0 Å². The minimum Gasteiger partial charge on any atom is -0.495 e. The number of rotatable bonds is 3. The number of aromatic nitrogens is 2. The number of carbonyl (C=O) groups excluding carboxylic acids is 1. The first-order valence-electron chi connectivity index (χ1n) is 5.24. The summed E-state index contributed by atoms with van der Waals surface area (Å²) in [4.78, 5) is 11.9. The van der Waals surface area contributed by atoms with E-state index in [4.69, 9.17) is 16.3 Å². The lowest BCUT2D eigenvalue weighted by atomic mass is 10.3. The molecule has 1 heterocycles. The van der Waals surface area contributed by atoms with Gasteiger partial charge in [0.15, 0.2) is 10.8 Å². The van der Waals surface area contributed by atoms with Gasteiger partial charge in [0.2, 0.25) is 0 Å². The smallest absolute Gasteiger partial charge is 0.276 e. The first kappa shape index (κ1) is 13.8. The second-order valence-corrected chi connectivity index (χ2v) is 4.79. The predicted octanol–water partition coefficient (Wildman–Crippen LogP) is 3.15. The van der Waals surface area contributed by atoms with Crippen LogP contribution in [0, 0.1) is 0 Å². The summed E-state index contributed by atoms with van der Waals surface area (Å²) in [7, 11) is 1.55. The molecule has 2 aromatic rings. The molecule has 0 fully saturated rings. The molecule has 0 radical (unpaired) electrons. The highest BCUT2D eigenvalue weighted by atomic mass is 79.9. The monoisotopic (exact) mass is 341 g/mol. The summed E-state index contributed by atoms with van der Waals surface area (Å²) in [6, 6.07) is 8.23. The molecule has 0 saturated carbocycles. The number of hydrogen-bond acceptors (Lipinski definition) is 4. The highest BCUT2D eigenvalue weighted by Crippen LogP contribution is 2.27. The van der Waals surface area contributed by atoms with Crippen LogP contribution in [0.25, 0.3) is 0 Å². The maximum Gasteiger partial charge on any atom is 0.276 e. The maximum atomic E-state index is 11.9. The van der Waals surface area contributed by atoms with Crippen molar-refractivity contribution in [2.45, 2.75) is 0 Å². The second-order valence-electron chi connectivity index (χ2n) is 3.54. The van der Waals surface area contributed by atoms with Gasteiger partial charge in [0.1, 0.15) is 5.75 Å². The summed E-state index contributed by atoms with van der Waals surface area (Å²) in [6.45, 7) is 0. The van der Waals surface area contributed by atoms with Crippen LogP contribution in [0.15, 0.2) is 34.8 Å². The second kappa shape index (κ2) is 5.99. The van der Waals surface area contributed by atoms with Gasteiger partial charge in [0, 0.05) is 11.8 Å². The van der Waals surface area contributed by atoms with Gasteiger partial charge in [-0.1, -0.05) is 11.6 Å². The summed E-state index contributed by atoms with van der Waals surface area (Å²) in [5.74, 6) is 0.258. The Bertz CT molecular complexity index is 604. The fourth-order valence-corrected chi connectivity index (χ4v) is 1.88. The van der Waals surface area contributed by atoms with Crippen molar-refractivity contribution in [3.63, 3.8) is 0 Å².